The highest BCUT2D eigenvalue weighted by atomic mass is 35.5. The van der Waals surface area contributed by atoms with Crippen molar-refractivity contribution in [1.82, 2.24) is 5.32 Å². The summed E-state index contributed by atoms with van der Waals surface area (Å²) in [5, 5.41) is 4.82. The monoisotopic (exact) mass is 245 g/mol. The molecule has 1 unspecified atom stereocenters. The van der Waals surface area contributed by atoms with Gasteiger partial charge in [-0.3, -0.25) is 4.79 Å². The number of halogens is 1. The maximum absolute atomic E-state index is 11.7. The Labute approximate surface area is 99.6 Å². The van der Waals surface area contributed by atoms with E-state index in [0.717, 1.165) is 23.3 Å². The molecule has 1 heterocycles. The van der Waals surface area contributed by atoms with Crippen molar-refractivity contribution in [3.63, 3.8) is 0 Å². The number of hydrogen-bond acceptors (Lipinski definition) is 2. The average molecular weight is 246 g/mol. The van der Waals surface area contributed by atoms with Gasteiger partial charge in [0.25, 0.3) is 5.91 Å². The number of rotatable bonds is 5. The van der Waals surface area contributed by atoms with Crippen LogP contribution in [0.15, 0.2) is 11.4 Å². The molecule has 84 valence electrons. The van der Waals surface area contributed by atoms with Gasteiger partial charge in [0.15, 0.2) is 0 Å². The second-order valence-corrected chi connectivity index (χ2v) is 5.06. The molecule has 0 bridgehead atoms. The first-order valence-corrected chi connectivity index (χ1v) is 6.43. The molecule has 0 aliphatic carbocycles. The lowest BCUT2D eigenvalue weighted by Crippen LogP contribution is -2.29. The van der Waals surface area contributed by atoms with Gasteiger partial charge < -0.3 is 5.32 Å². The number of alkyl halides is 1. The zero-order valence-electron chi connectivity index (χ0n) is 9.05. The van der Waals surface area contributed by atoms with Crippen LogP contribution in [0.25, 0.3) is 0 Å². The highest BCUT2D eigenvalue weighted by molar-refractivity contribution is 7.12. The summed E-state index contributed by atoms with van der Waals surface area (Å²) < 4.78 is 0. The first kappa shape index (κ1) is 12.5. The van der Waals surface area contributed by atoms with Crippen molar-refractivity contribution in [2.75, 3.05) is 6.54 Å². The maximum atomic E-state index is 11.7. The molecule has 1 aromatic rings. The summed E-state index contributed by atoms with van der Waals surface area (Å²) in [6.45, 7) is 4.57. The molecule has 1 amide bonds. The van der Waals surface area contributed by atoms with Gasteiger partial charge in [-0.2, -0.15) is 0 Å². The van der Waals surface area contributed by atoms with Crippen LogP contribution < -0.4 is 5.32 Å². The van der Waals surface area contributed by atoms with Crippen molar-refractivity contribution in [2.24, 2.45) is 0 Å². The fraction of sp³-hybridized carbons (Fsp3) is 0.545. The van der Waals surface area contributed by atoms with Gasteiger partial charge in [0.1, 0.15) is 0 Å². The van der Waals surface area contributed by atoms with Crippen molar-refractivity contribution < 1.29 is 4.79 Å². The molecule has 0 radical (unpaired) electrons. The molecular formula is C11H16ClNOS. The zero-order valence-corrected chi connectivity index (χ0v) is 10.6. The van der Waals surface area contributed by atoms with E-state index in [1.807, 2.05) is 18.4 Å². The quantitative estimate of drug-likeness (QED) is 0.794. The lowest BCUT2D eigenvalue weighted by molar-refractivity contribution is 0.0957. The third kappa shape index (κ3) is 3.84. The van der Waals surface area contributed by atoms with E-state index in [1.54, 1.807) is 0 Å². The summed E-state index contributed by atoms with van der Waals surface area (Å²) >= 11 is 7.48. The minimum absolute atomic E-state index is 0.00995. The van der Waals surface area contributed by atoms with Gasteiger partial charge in [-0.1, -0.05) is 13.3 Å². The minimum atomic E-state index is -0.00995. The normalized spacial score (nSPS) is 12.5. The van der Waals surface area contributed by atoms with Gasteiger partial charge in [0, 0.05) is 6.54 Å². The Morgan fingerprint density at radius 1 is 1.67 bits per heavy atom. The van der Waals surface area contributed by atoms with Gasteiger partial charge in [0.2, 0.25) is 0 Å². The van der Waals surface area contributed by atoms with Gasteiger partial charge in [-0.05, 0) is 30.4 Å². The molecule has 1 aromatic heterocycles. The highest BCUT2D eigenvalue weighted by Crippen LogP contribution is 2.15. The Balaban J connectivity index is 2.40. The van der Waals surface area contributed by atoms with Gasteiger partial charge in [-0.25, -0.2) is 0 Å². The van der Waals surface area contributed by atoms with E-state index in [-0.39, 0.29) is 11.3 Å². The second kappa shape index (κ2) is 6.13. The van der Waals surface area contributed by atoms with Crippen molar-refractivity contribution in [3.05, 3.63) is 21.9 Å². The number of aryl methyl sites for hydroxylation is 1. The number of carbonyl (C=O) groups excluding carboxylic acids is 1. The first-order valence-electron chi connectivity index (χ1n) is 5.11. The topological polar surface area (TPSA) is 29.1 Å². The number of carbonyl (C=O) groups is 1. The van der Waals surface area contributed by atoms with Crippen molar-refractivity contribution in [1.29, 1.82) is 0 Å². The van der Waals surface area contributed by atoms with Crippen molar-refractivity contribution >= 4 is 28.8 Å². The predicted molar refractivity (Wildman–Crippen MR) is 65.9 cm³/mol. The minimum Gasteiger partial charge on any atom is -0.350 e. The molecule has 0 spiro atoms. The lowest BCUT2D eigenvalue weighted by Gasteiger charge is -2.09. The molecule has 1 atom stereocenters. The molecule has 0 fully saturated rings. The van der Waals surface area contributed by atoms with Crippen LogP contribution in [-0.2, 0) is 0 Å². The molecule has 0 saturated carbocycles. The summed E-state index contributed by atoms with van der Waals surface area (Å²) in [5.41, 5.74) is 1.03. The van der Waals surface area contributed by atoms with Crippen molar-refractivity contribution in [3.8, 4) is 0 Å². The van der Waals surface area contributed by atoms with Crippen LogP contribution in [0, 0.1) is 6.92 Å². The molecule has 1 rings (SSSR count). The maximum Gasteiger partial charge on any atom is 0.261 e. The van der Waals surface area contributed by atoms with E-state index in [0.29, 0.717) is 6.54 Å². The molecule has 4 heteroatoms. The van der Waals surface area contributed by atoms with Crippen LogP contribution in [0.5, 0.6) is 0 Å². The van der Waals surface area contributed by atoms with Crippen LogP contribution >= 0.6 is 22.9 Å². The number of thiophene rings is 1. The summed E-state index contributed by atoms with van der Waals surface area (Å²) in [5.74, 6) is -0.00995. The van der Waals surface area contributed by atoms with E-state index in [1.165, 1.54) is 11.3 Å². The molecule has 2 nitrogen and oxygen atoms in total. The van der Waals surface area contributed by atoms with Crippen LogP contribution in [0.1, 0.15) is 35.0 Å². The molecule has 0 aliphatic heterocycles. The van der Waals surface area contributed by atoms with Crippen LogP contribution in [0.2, 0.25) is 0 Å². The molecule has 0 aromatic carbocycles. The van der Waals surface area contributed by atoms with E-state index >= 15 is 0 Å². The van der Waals surface area contributed by atoms with E-state index in [9.17, 15) is 4.79 Å². The van der Waals surface area contributed by atoms with Crippen LogP contribution in [-0.4, -0.2) is 17.8 Å². The Morgan fingerprint density at radius 2 is 2.40 bits per heavy atom. The van der Waals surface area contributed by atoms with E-state index in [2.05, 4.69) is 12.2 Å². The number of amides is 1. The fourth-order valence-corrected chi connectivity index (χ4v) is 2.44. The zero-order chi connectivity index (χ0) is 11.3. The summed E-state index contributed by atoms with van der Waals surface area (Å²) in [6.07, 6.45) is 1.98. The molecule has 15 heavy (non-hydrogen) atoms. The number of nitrogens with one attached hydrogen (secondary N) is 1. The van der Waals surface area contributed by atoms with Crippen LogP contribution in [0.4, 0.5) is 0 Å². The number of hydrogen-bond donors (Lipinski definition) is 1. The Bertz CT molecular complexity index is 324. The Morgan fingerprint density at radius 3 is 2.93 bits per heavy atom. The SMILES string of the molecule is CCCC(Cl)CNC(=O)c1sccc1C. The second-order valence-electron chi connectivity index (χ2n) is 3.53. The molecular weight excluding hydrogens is 230 g/mol. The highest BCUT2D eigenvalue weighted by Gasteiger charge is 2.11. The molecule has 0 aliphatic rings. The van der Waals surface area contributed by atoms with Gasteiger partial charge in [0.05, 0.1) is 10.3 Å². The third-order valence-electron chi connectivity index (χ3n) is 2.15. The third-order valence-corrected chi connectivity index (χ3v) is 3.54. The summed E-state index contributed by atoms with van der Waals surface area (Å²) in [6, 6.07) is 1.95. The largest absolute Gasteiger partial charge is 0.350 e. The standard InChI is InChI=1S/C11H16ClNOS/c1-3-4-9(12)7-13-11(14)10-8(2)5-6-15-10/h5-6,9H,3-4,7H2,1-2H3,(H,13,14). The van der Waals surface area contributed by atoms with Crippen molar-refractivity contribution in [2.45, 2.75) is 32.1 Å². The smallest absolute Gasteiger partial charge is 0.261 e. The molecule has 0 saturated heterocycles. The van der Waals surface area contributed by atoms with Crippen LogP contribution in [0.3, 0.4) is 0 Å². The lowest BCUT2D eigenvalue weighted by atomic mass is 10.2. The Hall–Kier alpha value is -0.540. The Kier molecular flexibility index (Phi) is 5.12. The van der Waals surface area contributed by atoms with Gasteiger partial charge >= 0.3 is 0 Å². The summed E-state index contributed by atoms with van der Waals surface area (Å²) in [7, 11) is 0. The first-order chi connectivity index (χ1) is 7.15. The molecule has 1 N–H and O–H groups in total. The van der Waals surface area contributed by atoms with E-state index in [4.69, 9.17) is 11.6 Å². The van der Waals surface area contributed by atoms with Gasteiger partial charge in [-0.15, -0.1) is 22.9 Å². The van der Waals surface area contributed by atoms with E-state index < -0.39 is 0 Å². The fourth-order valence-electron chi connectivity index (χ4n) is 1.30. The summed E-state index contributed by atoms with van der Waals surface area (Å²) in [4.78, 5) is 12.5. The average Bonchev–Trinajstić information content (AvgIpc) is 2.61. The predicted octanol–water partition coefficient (Wildman–Crippen LogP) is 3.19.